The van der Waals surface area contributed by atoms with Gasteiger partial charge in [-0.15, -0.1) is 0 Å². The lowest BCUT2D eigenvalue weighted by Gasteiger charge is -1.99. The van der Waals surface area contributed by atoms with Gasteiger partial charge in [-0.25, -0.2) is 4.98 Å². The molecular weight excluding hydrogens is 248 g/mol. The van der Waals surface area contributed by atoms with Crippen LogP contribution < -0.4 is 5.73 Å². The number of aromatic nitrogens is 1. The van der Waals surface area contributed by atoms with E-state index in [0.29, 0.717) is 16.6 Å². The second-order valence-electron chi connectivity index (χ2n) is 4.23. The Balaban J connectivity index is 2.16. The highest BCUT2D eigenvalue weighted by molar-refractivity contribution is 6.33. The molecule has 0 fully saturated rings. The van der Waals surface area contributed by atoms with Gasteiger partial charge < -0.3 is 10.2 Å². The molecule has 0 spiro atoms. The van der Waals surface area contributed by atoms with Gasteiger partial charge in [-0.1, -0.05) is 17.7 Å². The third-order valence-electron chi connectivity index (χ3n) is 2.79. The van der Waals surface area contributed by atoms with Crippen molar-refractivity contribution < 1.29 is 4.42 Å². The van der Waals surface area contributed by atoms with Crippen LogP contribution >= 0.6 is 11.6 Å². The van der Waals surface area contributed by atoms with Crippen molar-refractivity contribution >= 4 is 28.4 Å². The van der Waals surface area contributed by atoms with Crippen molar-refractivity contribution in [1.82, 2.24) is 4.98 Å². The van der Waals surface area contributed by atoms with Crippen LogP contribution in [0.3, 0.4) is 0 Å². The summed E-state index contributed by atoms with van der Waals surface area (Å²) >= 11 is 5.99. The van der Waals surface area contributed by atoms with Crippen molar-refractivity contribution in [2.24, 2.45) is 0 Å². The Kier molecular flexibility index (Phi) is 2.49. The Bertz CT molecular complexity index is 734. The molecule has 0 amide bonds. The Hall–Kier alpha value is -2.00. The summed E-state index contributed by atoms with van der Waals surface area (Å²) in [6.45, 7) is 2.02. The fourth-order valence-corrected chi connectivity index (χ4v) is 2.00. The lowest BCUT2D eigenvalue weighted by molar-refractivity contribution is 0.620. The first-order valence-corrected chi connectivity index (χ1v) is 5.94. The average molecular weight is 259 g/mol. The third kappa shape index (κ3) is 1.83. The van der Waals surface area contributed by atoms with Gasteiger partial charge in [0.25, 0.3) is 0 Å². The van der Waals surface area contributed by atoms with Crippen molar-refractivity contribution in [2.45, 2.75) is 6.92 Å². The van der Waals surface area contributed by atoms with Gasteiger partial charge in [0, 0.05) is 5.56 Å². The zero-order valence-electron chi connectivity index (χ0n) is 9.77. The zero-order valence-corrected chi connectivity index (χ0v) is 10.5. The van der Waals surface area contributed by atoms with E-state index >= 15 is 0 Å². The summed E-state index contributed by atoms with van der Waals surface area (Å²) in [5.41, 5.74) is 9.81. The highest BCUT2D eigenvalue weighted by atomic mass is 35.5. The van der Waals surface area contributed by atoms with Gasteiger partial charge in [-0.3, -0.25) is 0 Å². The molecule has 0 aliphatic heterocycles. The summed E-state index contributed by atoms with van der Waals surface area (Å²) in [4.78, 5) is 4.45. The van der Waals surface area contributed by atoms with Crippen molar-refractivity contribution in [3.8, 4) is 11.5 Å². The Morgan fingerprint density at radius 3 is 2.78 bits per heavy atom. The molecule has 0 unspecified atom stereocenters. The van der Waals surface area contributed by atoms with Gasteiger partial charge in [0.2, 0.25) is 5.89 Å². The van der Waals surface area contributed by atoms with Gasteiger partial charge >= 0.3 is 0 Å². The number of oxazole rings is 1. The van der Waals surface area contributed by atoms with Crippen LogP contribution in [0.5, 0.6) is 0 Å². The third-order valence-corrected chi connectivity index (χ3v) is 3.12. The highest BCUT2D eigenvalue weighted by Gasteiger charge is 2.09. The Morgan fingerprint density at radius 1 is 1.17 bits per heavy atom. The van der Waals surface area contributed by atoms with Crippen molar-refractivity contribution in [2.75, 3.05) is 5.73 Å². The summed E-state index contributed by atoms with van der Waals surface area (Å²) in [5.74, 6) is 0.553. The molecule has 1 heterocycles. The van der Waals surface area contributed by atoms with Crippen LogP contribution in [-0.4, -0.2) is 4.98 Å². The van der Waals surface area contributed by atoms with Gasteiger partial charge in [-0.2, -0.15) is 0 Å². The second kappa shape index (κ2) is 4.03. The van der Waals surface area contributed by atoms with Crippen molar-refractivity contribution in [1.29, 1.82) is 0 Å². The predicted molar refractivity (Wildman–Crippen MR) is 73.6 cm³/mol. The van der Waals surface area contributed by atoms with E-state index in [9.17, 15) is 0 Å². The first-order valence-electron chi connectivity index (χ1n) is 5.56. The maximum absolute atomic E-state index is 5.99. The molecule has 0 saturated carbocycles. The predicted octanol–water partition coefficient (Wildman–Crippen LogP) is 4.04. The highest BCUT2D eigenvalue weighted by Crippen LogP contribution is 2.29. The van der Waals surface area contributed by atoms with E-state index in [1.165, 1.54) is 0 Å². The quantitative estimate of drug-likeness (QED) is 0.670. The maximum Gasteiger partial charge on any atom is 0.227 e. The Labute approximate surface area is 109 Å². The smallest absolute Gasteiger partial charge is 0.227 e. The summed E-state index contributed by atoms with van der Waals surface area (Å²) < 4.78 is 5.69. The fraction of sp³-hybridized carbons (Fsp3) is 0.0714. The molecule has 0 radical (unpaired) electrons. The lowest BCUT2D eigenvalue weighted by atomic mass is 10.2. The minimum Gasteiger partial charge on any atom is -0.436 e. The molecule has 0 saturated heterocycles. The molecule has 3 aromatic rings. The molecule has 3 nitrogen and oxygen atoms in total. The summed E-state index contributed by atoms with van der Waals surface area (Å²) in [6.07, 6.45) is 0. The number of hydrogen-bond donors (Lipinski definition) is 1. The molecule has 0 atom stereocenters. The average Bonchev–Trinajstić information content (AvgIpc) is 2.75. The number of aryl methyl sites for hydroxylation is 1. The first-order chi connectivity index (χ1) is 8.63. The number of benzene rings is 2. The molecule has 18 heavy (non-hydrogen) atoms. The fourth-order valence-electron chi connectivity index (χ4n) is 1.82. The van der Waals surface area contributed by atoms with Gasteiger partial charge in [0.05, 0.1) is 10.7 Å². The van der Waals surface area contributed by atoms with E-state index in [0.717, 1.165) is 22.2 Å². The first kappa shape index (κ1) is 11.1. The summed E-state index contributed by atoms with van der Waals surface area (Å²) in [6, 6.07) is 11.2. The largest absolute Gasteiger partial charge is 0.436 e. The summed E-state index contributed by atoms with van der Waals surface area (Å²) in [7, 11) is 0. The number of nitrogens with two attached hydrogens (primary N) is 1. The summed E-state index contributed by atoms with van der Waals surface area (Å²) in [5, 5.41) is 0.505. The van der Waals surface area contributed by atoms with Gasteiger partial charge in [0.1, 0.15) is 5.52 Å². The number of nitrogen functional groups attached to an aromatic ring is 1. The number of rotatable bonds is 1. The molecule has 0 bridgehead atoms. The van der Waals surface area contributed by atoms with Gasteiger partial charge in [-0.05, 0) is 42.8 Å². The van der Waals surface area contributed by atoms with Crippen LogP contribution in [0.2, 0.25) is 5.02 Å². The van der Waals surface area contributed by atoms with Crippen molar-refractivity contribution in [3.05, 3.63) is 47.0 Å². The van der Waals surface area contributed by atoms with Gasteiger partial charge in [0.15, 0.2) is 5.58 Å². The molecule has 0 aliphatic rings. The number of hydrogen-bond acceptors (Lipinski definition) is 3. The van der Waals surface area contributed by atoms with E-state index in [4.69, 9.17) is 21.8 Å². The molecule has 0 aliphatic carbocycles. The minimum absolute atomic E-state index is 0.505. The second-order valence-corrected chi connectivity index (χ2v) is 4.63. The maximum atomic E-state index is 5.99. The van der Waals surface area contributed by atoms with Crippen LogP contribution in [0.15, 0.2) is 40.8 Å². The molecule has 2 N–H and O–H groups in total. The topological polar surface area (TPSA) is 52.0 Å². The molecule has 4 heteroatoms. The van der Waals surface area contributed by atoms with E-state index < -0.39 is 0 Å². The lowest BCUT2D eigenvalue weighted by Crippen LogP contribution is -1.86. The SMILES string of the molecule is Cc1ccc2oc(-c3ccc(N)c(Cl)c3)nc2c1. The van der Waals surface area contributed by atoms with Crippen LogP contribution in [0, 0.1) is 6.92 Å². The minimum atomic E-state index is 0.505. The molecule has 2 aromatic carbocycles. The van der Waals surface area contributed by atoms with E-state index in [2.05, 4.69) is 4.98 Å². The Morgan fingerprint density at radius 2 is 2.00 bits per heavy atom. The van der Waals surface area contributed by atoms with Crippen molar-refractivity contribution in [3.63, 3.8) is 0 Å². The zero-order chi connectivity index (χ0) is 12.7. The number of halogens is 1. The monoisotopic (exact) mass is 258 g/mol. The van der Waals surface area contributed by atoms with E-state index in [1.54, 1.807) is 12.1 Å². The number of nitrogens with zero attached hydrogens (tertiary/aromatic N) is 1. The number of fused-ring (bicyclic) bond motifs is 1. The molecule has 3 rings (SSSR count). The van der Waals surface area contributed by atoms with Crippen LogP contribution in [0.25, 0.3) is 22.6 Å². The van der Waals surface area contributed by atoms with E-state index in [-0.39, 0.29) is 0 Å². The molecule has 90 valence electrons. The van der Waals surface area contributed by atoms with E-state index in [1.807, 2.05) is 31.2 Å². The molecule has 1 aromatic heterocycles. The van der Waals surface area contributed by atoms with Crippen LogP contribution in [0.1, 0.15) is 5.56 Å². The van der Waals surface area contributed by atoms with Crippen LogP contribution in [0.4, 0.5) is 5.69 Å². The number of anilines is 1. The molecular formula is C14H11ClN2O. The normalized spacial score (nSPS) is 11.0. The standard InChI is InChI=1S/C14H11ClN2O/c1-8-2-5-13-12(6-8)17-14(18-13)9-3-4-11(16)10(15)7-9/h2-7H,16H2,1H3. The van der Waals surface area contributed by atoms with Crippen LogP contribution in [-0.2, 0) is 0 Å².